The average Bonchev–Trinajstić information content (AvgIpc) is 3.51. The Balaban J connectivity index is 1.48. The molecule has 5 rings (SSSR count). The summed E-state index contributed by atoms with van der Waals surface area (Å²) in [5, 5.41) is 0. The van der Waals surface area contributed by atoms with Gasteiger partial charge in [0.05, 0.1) is 36.3 Å². The Bertz CT molecular complexity index is 1060. The molecule has 2 N–H and O–H groups in total. The SMILES string of the molecule is NC(=O)[C@@H]1CCCN1Cc1nc2ccc(Oc3ccccc3)cc2n1C[C@H]1CCCO1. The van der Waals surface area contributed by atoms with Crippen LogP contribution in [0.1, 0.15) is 31.5 Å². The number of likely N-dealkylation sites (tertiary alicyclic amines) is 1. The molecule has 7 heteroatoms. The third kappa shape index (κ3) is 4.29. The van der Waals surface area contributed by atoms with Crippen LogP contribution in [0.3, 0.4) is 0 Å². The molecule has 3 heterocycles. The maximum atomic E-state index is 11.9. The second-order valence-corrected chi connectivity index (χ2v) is 8.37. The Morgan fingerprint density at radius 1 is 1.13 bits per heavy atom. The van der Waals surface area contributed by atoms with Gasteiger partial charge in [-0.15, -0.1) is 0 Å². The number of amides is 1. The number of primary amides is 1. The summed E-state index contributed by atoms with van der Waals surface area (Å²) < 4.78 is 14.2. The number of nitrogens with zero attached hydrogens (tertiary/aromatic N) is 3. The van der Waals surface area contributed by atoms with E-state index in [2.05, 4.69) is 9.47 Å². The molecule has 0 radical (unpaired) electrons. The lowest BCUT2D eigenvalue weighted by atomic mass is 10.2. The molecule has 1 amide bonds. The highest BCUT2D eigenvalue weighted by Crippen LogP contribution is 2.29. The molecule has 1 aromatic heterocycles. The van der Waals surface area contributed by atoms with Crippen LogP contribution >= 0.6 is 0 Å². The fourth-order valence-corrected chi connectivity index (χ4v) is 4.68. The van der Waals surface area contributed by atoms with Crippen LogP contribution in [0, 0.1) is 0 Å². The van der Waals surface area contributed by atoms with Gasteiger partial charge in [-0.1, -0.05) is 18.2 Å². The van der Waals surface area contributed by atoms with Gasteiger partial charge in [-0.3, -0.25) is 9.69 Å². The number of carbonyl (C=O) groups excluding carboxylic acids is 1. The molecule has 2 aromatic carbocycles. The van der Waals surface area contributed by atoms with Crippen LogP contribution in [0.5, 0.6) is 11.5 Å². The molecule has 0 saturated carbocycles. The number of hydrogen-bond donors (Lipinski definition) is 1. The van der Waals surface area contributed by atoms with Gasteiger partial charge in [0.25, 0.3) is 0 Å². The first kappa shape index (κ1) is 20.0. The van der Waals surface area contributed by atoms with Crippen molar-refractivity contribution in [3.63, 3.8) is 0 Å². The zero-order valence-corrected chi connectivity index (χ0v) is 17.6. The predicted molar refractivity (Wildman–Crippen MR) is 118 cm³/mol. The highest BCUT2D eigenvalue weighted by Gasteiger charge is 2.30. The first-order valence-corrected chi connectivity index (χ1v) is 11.0. The quantitative estimate of drug-likeness (QED) is 0.633. The van der Waals surface area contributed by atoms with Gasteiger partial charge in [0.15, 0.2) is 0 Å². The predicted octanol–water partition coefficient (Wildman–Crippen LogP) is 3.46. The van der Waals surface area contributed by atoms with E-state index in [4.69, 9.17) is 20.2 Å². The van der Waals surface area contributed by atoms with Crippen LogP contribution in [0.25, 0.3) is 11.0 Å². The van der Waals surface area contributed by atoms with E-state index in [1.165, 1.54) is 0 Å². The van der Waals surface area contributed by atoms with Gasteiger partial charge in [-0.05, 0) is 56.5 Å². The number of benzene rings is 2. The number of ether oxygens (including phenoxy) is 2. The number of aromatic nitrogens is 2. The Labute approximate surface area is 181 Å². The minimum Gasteiger partial charge on any atom is -0.457 e. The van der Waals surface area contributed by atoms with Gasteiger partial charge in [0, 0.05) is 12.7 Å². The normalized spacial score (nSPS) is 21.7. The van der Waals surface area contributed by atoms with E-state index in [0.29, 0.717) is 6.54 Å². The molecular weight excluding hydrogens is 392 g/mol. The van der Waals surface area contributed by atoms with Crippen molar-refractivity contribution >= 4 is 16.9 Å². The average molecular weight is 421 g/mol. The number of imidazole rings is 1. The third-order valence-electron chi connectivity index (χ3n) is 6.22. The fourth-order valence-electron chi connectivity index (χ4n) is 4.68. The lowest BCUT2D eigenvalue weighted by Crippen LogP contribution is -2.40. The number of nitrogens with two attached hydrogens (primary N) is 1. The number of fused-ring (bicyclic) bond motifs is 1. The number of hydrogen-bond acceptors (Lipinski definition) is 5. The van der Waals surface area contributed by atoms with Gasteiger partial charge >= 0.3 is 0 Å². The van der Waals surface area contributed by atoms with E-state index >= 15 is 0 Å². The van der Waals surface area contributed by atoms with Gasteiger partial charge in [0.1, 0.15) is 17.3 Å². The van der Waals surface area contributed by atoms with Gasteiger partial charge in [-0.2, -0.15) is 0 Å². The molecule has 2 aliphatic heterocycles. The molecule has 2 fully saturated rings. The summed E-state index contributed by atoms with van der Waals surface area (Å²) in [5.41, 5.74) is 7.58. The van der Waals surface area contributed by atoms with E-state index in [1.54, 1.807) is 0 Å². The molecule has 0 bridgehead atoms. The van der Waals surface area contributed by atoms with Gasteiger partial charge in [0.2, 0.25) is 5.91 Å². The van der Waals surface area contributed by atoms with Gasteiger partial charge in [-0.25, -0.2) is 4.98 Å². The van der Waals surface area contributed by atoms with Crippen molar-refractivity contribution in [3.05, 3.63) is 54.4 Å². The smallest absolute Gasteiger partial charge is 0.234 e. The Morgan fingerprint density at radius 2 is 2.00 bits per heavy atom. The Hall–Kier alpha value is -2.90. The number of para-hydroxylation sites is 1. The molecular formula is C24H28N4O3. The molecule has 2 atom stereocenters. The largest absolute Gasteiger partial charge is 0.457 e. The first-order chi connectivity index (χ1) is 15.2. The maximum Gasteiger partial charge on any atom is 0.234 e. The van der Waals surface area contributed by atoms with Crippen molar-refractivity contribution in [2.75, 3.05) is 13.2 Å². The highest BCUT2D eigenvalue weighted by molar-refractivity contribution is 5.80. The van der Waals surface area contributed by atoms with Crippen molar-refractivity contribution in [2.24, 2.45) is 5.73 Å². The van der Waals surface area contributed by atoms with Crippen LogP contribution in [0.2, 0.25) is 0 Å². The lowest BCUT2D eigenvalue weighted by molar-refractivity contribution is -0.122. The van der Waals surface area contributed by atoms with E-state index in [1.807, 2.05) is 48.5 Å². The topological polar surface area (TPSA) is 82.6 Å². The molecule has 31 heavy (non-hydrogen) atoms. The molecule has 0 spiro atoms. The van der Waals surface area contributed by atoms with E-state index in [0.717, 1.165) is 73.7 Å². The summed E-state index contributed by atoms with van der Waals surface area (Å²) >= 11 is 0. The van der Waals surface area contributed by atoms with Crippen molar-refractivity contribution in [1.29, 1.82) is 0 Å². The second kappa shape index (κ2) is 8.69. The minimum absolute atomic E-state index is 0.181. The Morgan fingerprint density at radius 3 is 2.77 bits per heavy atom. The maximum absolute atomic E-state index is 11.9. The van der Waals surface area contributed by atoms with Crippen LogP contribution < -0.4 is 10.5 Å². The first-order valence-electron chi connectivity index (χ1n) is 11.0. The van der Waals surface area contributed by atoms with Crippen LogP contribution in [-0.2, 0) is 22.6 Å². The number of carbonyl (C=O) groups is 1. The summed E-state index contributed by atoms with van der Waals surface area (Å²) in [6.45, 7) is 3.02. The molecule has 7 nitrogen and oxygen atoms in total. The molecule has 2 saturated heterocycles. The van der Waals surface area contributed by atoms with Crippen molar-refractivity contribution < 1.29 is 14.3 Å². The summed E-state index contributed by atoms with van der Waals surface area (Å²) in [4.78, 5) is 18.9. The van der Waals surface area contributed by atoms with Crippen LogP contribution in [0.15, 0.2) is 48.5 Å². The second-order valence-electron chi connectivity index (χ2n) is 8.37. The van der Waals surface area contributed by atoms with E-state index in [-0.39, 0.29) is 18.1 Å². The van der Waals surface area contributed by atoms with Crippen LogP contribution in [-0.4, -0.2) is 45.7 Å². The Kier molecular flexibility index (Phi) is 5.61. The summed E-state index contributed by atoms with van der Waals surface area (Å²) in [7, 11) is 0. The molecule has 0 aliphatic carbocycles. The third-order valence-corrected chi connectivity index (χ3v) is 6.22. The zero-order valence-electron chi connectivity index (χ0n) is 17.6. The fraction of sp³-hybridized carbons (Fsp3) is 0.417. The summed E-state index contributed by atoms with van der Waals surface area (Å²) in [6, 6.07) is 15.5. The molecule has 2 aliphatic rings. The monoisotopic (exact) mass is 420 g/mol. The molecule has 3 aromatic rings. The van der Waals surface area contributed by atoms with E-state index in [9.17, 15) is 4.79 Å². The van der Waals surface area contributed by atoms with Gasteiger partial charge < -0.3 is 19.8 Å². The standard InChI is InChI=1S/C24H28N4O3/c25-24(29)21-9-4-12-27(21)16-23-26-20-11-10-18(31-17-6-2-1-3-7-17)14-22(20)28(23)15-19-8-5-13-30-19/h1-3,6-7,10-11,14,19,21H,4-5,8-9,12-13,15-16H2,(H2,25,29)/t19-,21+/m1/s1. The highest BCUT2D eigenvalue weighted by atomic mass is 16.5. The molecule has 162 valence electrons. The molecule has 0 unspecified atom stereocenters. The summed E-state index contributed by atoms with van der Waals surface area (Å²) in [5.74, 6) is 2.26. The minimum atomic E-state index is -0.252. The van der Waals surface area contributed by atoms with Crippen LogP contribution in [0.4, 0.5) is 0 Å². The number of rotatable bonds is 7. The van der Waals surface area contributed by atoms with E-state index < -0.39 is 0 Å². The summed E-state index contributed by atoms with van der Waals surface area (Å²) in [6.07, 6.45) is 4.11. The van der Waals surface area contributed by atoms with Crippen molar-refractivity contribution in [3.8, 4) is 11.5 Å². The lowest BCUT2D eigenvalue weighted by Gasteiger charge is -2.22. The van der Waals surface area contributed by atoms with Crippen molar-refractivity contribution in [2.45, 2.75) is 50.9 Å². The van der Waals surface area contributed by atoms with Crippen molar-refractivity contribution in [1.82, 2.24) is 14.5 Å². The zero-order chi connectivity index (χ0) is 21.2.